The Labute approximate surface area is 189 Å². The molecular formula is C26H30N2O4. The molecule has 1 saturated heterocycles. The Morgan fingerprint density at radius 3 is 2.41 bits per heavy atom. The van der Waals surface area contributed by atoms with E-state index in [1.54, 1.807) is 16.7 Å². The van der Waals surface area contributed by atoms with Gasteiger partial charge in [0.2, 0.25) is 0 Å². The Morgan fingerprint density at radius 1 is 0.969 bits per heavy atom. The monoisotopic (exact) mass is 434 g/mol. The summed E-state index contributed by atoms with van der Waals surface area (Å²) in [5.41, 5.74) is 3.71. The highest BCUT2D eigenvalue weighted by molar-refractivity contribution is 5.98. The third-order valence-corrected chi connectivity index (χ3v) is 6.51. The number of esters is 1. The number of piperidine rings is 1. The number of nitrogens with zero attached hydrogens (tertiary/aromatic N) is 2. The maximum atomic E-state index is 13.0. The van der Waals surface area contributed by atoms with Crippen molar-refractivity contribution in [3.63, 3.8) is 0 Å². The number of anilines is 1. The fourth-order valence-corrected chi connectivity index (χ4v) is 4.60. The summed E-state index contributed by atoms with van der Waals surface area (Å²) in [4.78, 5) is 42.1. The normalized spacial score (nSPS) is 17.4. The zero-order valence-electron chi connectivity index (χ0n) is 18.8. The van der Waals surface area contributed by atoms with Crippen molar-refractivity contribution in [1.82, 2.24) is 4.90 Å². The molecule has 2 heterocycles. The van der Waals surface area contributed by atoms with Crippen LogP contribution in [0, 0.1) is 12.8 Å². The Morgan fingerprint density at radius 2 is 1.66 bits per heavy atom. The molecule has 0 bridgehead atoms. The van der Waals surface area contributed by atoms with Crippen LogP contribution in [0.25, 0.3) is 0 Å². The molecule has 0 saturated carbocycles. The average molecular weight is 435 g/mol. The van der Waals surface area contributed by atoms with Crippen molar-refractivity contribution in [1.29, 1.82) is 0 Å². The third-order valence-electron chi connectivity index (χ3n) is 6.51. The predicted molar refractivity (Wildman–Crippen MR) is 122 cm³/mol. The zero-order valence-corrected chi connectivity index (χ0v) is 18.8. The van der Waals surface area contributed by atoms with E-state index in [9.17, 15) is 14.4 Å². The summed E-state index contributed by atoms with van der Waals surface area (Å²) in [7, 11) is 0. The highest BCUT2D eigenvalue weighted by Gasteiger charge is 2.33. The van der Waals surface area contributed by atoms with Gasteiger partial charge in [-0.2, -0.15) is 0 Å². The number of benzene rings is 2. The lowest BCUT2D eigenvalue weighted by molar-refractivity contribution is -0.159. The van der Waals surface area contributed by atoms with Crippen molar-refractivity contribution >= 4 is 23.5 Å². The van der Waals surface area contributed by atoms with Crippen molar-refractivity contribution in [2.75, 3.05) is 24.5 Å². The lowest BCUT2D eigenvalue weighted by Gasteiger charge is -2.33. The van der Waals surface area contributed by atoms with Gasteiger partial charge in [0.15, 0.2) is 6.10 Å². The number of amides is 2. The minimum Gasteiger partial charge on any atom is -0.452 e. The van der Waals surface area contributed by atoms with E-state index in [1.807, 2.05) is 55.5 Å². The molecule has 0 N–H and O–H groups in total. The number of para-hydroxylation sites is 1. The smallest absolute Gasteiger partial charge is 0.309 e. The van der Waals surface area contributed by atoms with Crippen molar-refractivity contribution in [2.24, 2.45) is 5.92 Å². The van der Waals surface area contributed by atoms with Gasteiger partial charge in [-0.3, -0.25) is 14.4 Å². The fraction of sp³-hybridized carbons (Fsp3) is 0.423. The van der Waals surface area contributed by atoms with Crippen LogP contribution in [0.5, 0.6) is 0 Å². The molecular weight excluding hydrogens is 404 g/mol. The Hall–Kier alpha value is -3.15. The van der Waals surface area contributed by atoms with Gasteiger partial charge in [-0.05, 0) is 62.8 Å². The van der Waals surface area contributed by atoms with E-state index >= 15 is 0 Å². The average Bonchev–Trinajstić information content (AvgIpc) is 2.83. The van der Waals surface area contributed by atoms with E-state index in [2.05, 4.69) is 0 Å². The molecule has 1 atom stereocenters. The SMILES string of the molecule is Cc1ccccc1C(=O)N1CCC(C(=O)O[C@@H](C)C(=O)N2CCCc3ccccc32)CC1. The maximum absolute atomic E-state index is 13.0. The molecule has 168 valence electrons. The molecule has 2 aromatic carbocycles. The highest BCUT2D eigenvalue weighted by atomic mass is 16.5. The molecule has 2 amide bonds. The van der Waals surface area contributed by atoms with Gasteiger partial charge in [0, 0.05) is 30.9 Å². The second-order valence-corrected chi connectivity index (χ2v) is 8.68. The van der Waals surface area contributed by atoms with Gasteiger partial charge in [-0.15, -0.1) is 0 Å². The first-order valence-electron chi connectivity index (χ1n) is 11.4. The zero-order chi connectivity index (χ0) is 22.7. The molecule has 6 nitrogen and oxygen atoms in total. The lowest BCUT2D eigenvalue weighted by atomic mass is 9.96. The number of rotatable bonds is 4. The molecule has 0 aromatic heterocycles. The largest absolute Gasteiger partial charge is 0.452 e. The quantitative estimate of drug-likeness (QED) is 0.688. The number of aryl methyl sites for hydroxylation is 2. The van der Waals surface area contributed by atoms with Gasteiger partial charge in [0.05, 0.1) is 5.92 Å². The minimum atomic E-state index is -0.833. The van der Waals surface area contributed by atoms with Crippen LogP contribution in [0.3, 0.4) is 0 Å². The van der Waals surface area contributed by atoms with Crippen molar-refractivity contribution < 1.29 is 19.1 Å². The fourth-order valence-electron chi connectivity index (χ4n) is 4.60. The first-order valence-corrected chi connectivity index (χ1v) is 11.4. The summed E-state index contributed by atoms with van der Waals surface area (Å²) >= 11 is 0. The number of carbonyl (C=O) groups excluding carboxylic acids is 3. The number of fused-ring (bicyclic) bond motifs is 1. The lowest BCUT2D eigenvalue weighted by Crippen LogP contribution is -2.45. The highest BCUT2D eigenvalue weighted by Crippen LogP contribution is 2.28. The van der Waals surface area contributed by atoms with Gasteiger partial charge >= 0.3 is 5.97 Å². The van der Waals surface area contributed by atoms with Gasteiger partial charge < -0.3 is 14.5 Å². The Kier molecular flexibility index (Phi) is 6.58. The first kappa shape index (κ1) is 22.1. The van der Waals surface area contributed by atoms with Gasteiger partial charge in [-0.1, -0.05) is 36.4 Å². The standard InChI is InChI=1S/C26H30N2O4/c1-18-8-3-5-11-22(18)25(30)27-16-13-21(14-17-27)26(31)32-19(2)24(29)28-15-7-10-20-9-4-6-12-23(20)28/h3-6,8-9,11-12,19,21H,7,10,13-17H2,1-2H3/t19-/m0/s1. The van der Waals surface area contributed by atoms with E-state index in [-0.39, 0.29) is 23.7 Å². The topological polar surface area (TPSA) is 66.9 Å². The van der Waals surface area contributed by atoms with Crippen LogP contribution in [0.4, 0.5) is 5.69 Å². The van der Waals surface area contributed by atoms with Gasteiger partial charge in [0.1, 0.15) is 0 Å². The molecule has 4 rings (SSSR count). The summed E-state index contributed by atoms with van der Waals surface area (Å²) in [6.07, 6.45) is 2.11. The summed E-state index contributed by atoms with van der Waals surface area (Å²) in [5.74, 6) is -0.821. The molecule has 1 fully saturated rings. The molecule has 0 radical (unpaired) electrons. The summed E-state index contributed by atoms with van der Waals surface area (Å²) in [5, 5.41) is 0. The molecule has 0 aliphatic carbocycles. The number of hydrogen-bond acceptors (Lipinski definition) is 4. The van der Waals surface area contributed by atoms with E-state index in [1.165, 1.54) is 0 Å². The number of carbonyl (C=O) groups is 3. The van der Waals surface area contributed by atoms with Crippen LogP contribution in [0.1, 0.15) is 47.7 Å². The van der Waals surface area contributed by atoms with E-state index < -0.39 is 6.10 Å². The number of hydrogen-bond donors (Lipinski definition) is 0. The molecule has 0 spiro atoms. The minimum absolute atomic E-state index is 0.00206. The van der Waals surface area contributed by atoms with Gasteiger partial charge in [0.25, 0.3) is 11.8 Å². The van der Waals surface area contributed by atoms with Crippen molar-refractivity contribution in [2.45, 2.75) is 45.6 Å². The van der Waals surface area contributed by atoms with Crippen LogP contribution in [0.15, 0.2) is 48.5 Å². The molecule has 2 aromatic rings. The van der Waals surface area contributed by atoms with E-state index in [4.69, 9.17) is 4.74 Å². The molecule has 0 unspecified atom stereocenters. The second kappa shape index (κ2) is 9.55. The molecule has 6 heteroatoms. The van der Waals surface area contributed by atoms with E-state index in [0.29, 0.717) is 38.0 Å². The van der Waals surface area contributed by atoms with Crippen molar-refractivity contribution in [3.05, 3.63) is 65.2 Å². The summed E-state index contributed by atoms with van der Waals surface area (Å²) in [6.45, 7) is 5.23. The third kappa shape index (κ3) is 4.54. The number of ether oxygens (including phenoxy) is 1. The van der Waals surface area contributed by atoms with Crippen LogP contribution in [0.2, 0.25) is 0 Å². The first-order chi connectivity index (χ1) is 15.5. The summed E-state index contributed by atoms with van der Waals surface area (Å²) < 4.78 is 5.59. The number of likely N-dealkylation sites (tertiary alicyclic amines) is 1. The van der Waals surface area contributed by atoms with Crippen LogP contribution < -0.4 is 4.90 Å². The second-order valence-electron chi connectivity index (χ2n) is 8.68. The van der Waals surface area contributed by atoms with Crippen LogP contribution in [-0.2, 0) is 20.7 Å². The Balaban J connectivity index is 1.32. The summed E-state index contributed by atoms with van der Waals surface area (Å²) in [6, 6.07) is 15.4. The molecule has 2 aliphatic rings. The predicted octanol–water partition coefficient (Wildman–Crippen LogP) is 3.76. The maximum Gasteiger partial charge on any atom is 0.309 e. The molecule has 2 aliphatic heterocycles. The molecule has 32 heavy (non-hydrogen) atoms. The Bertz CT molecular complexity index is 1010. The van der Waals surface area contributed by atoms with Crippen LogP contribution >= 0.6 is 0 Å². The van der Waals surface area contributed by atoms with E-state index in [0.717, 1.165) is 29.7 Å². The van der Waals surface area contributed by atoms with Crippen LogP contribution in [-0.4, -0.2) is 48.4 Å². The van der Waals surface area contributed by atoms with Gasteiger partial charge in [-0.25, -0.2) is 0 Å². The van der Waals surface area contributed by atoms with Crippen molar-refractivity contribution in [3.8, 4) is 0 Å².